The summed E-state index contributed by atoms with van der Waals surface area (Å²) in [5.41, 5.74) is -0.412. The smallest absolute Gasteiger partial charge is 0.407 e. The molecule has 4 aliphatic rings. The van der Waals surface area contributed by atoms with Crippen molar-refractivity contribution in [3.63, 3.8) is 0 Å². The number of fused-ring (bicyclic) bond motifs is 5. The van der Waals surface area contributed by atoms with E-state index in [1.807, 2.05) is 20.8 Å². The van der Waals surface area contributed by atoms with E-state index in [-0.39, 0.29) is 12.1 Å². The van der Waals surface area contributed by atoms with Crippen molar-refractivity contribution < 1.29 is 9.53 Å². The zero-order valence-electron chi connectivity index (χ0n) is 14.1. The summed E-state index contributed by atoms with van der Waals surface area (Å²) in [6.07, 6.45) is 7.54. The lowest BCUT2D eigenvalue weighted by atomic mass is 10.0. The molecule has 2 bridgehead atoms. The molecule has 4 saturated carbocycles. The van der Waals surface area contributed by atoms with Gasteiger partial charge in [-0.2, -0.15) is 0 Å². The predicted molar refractivity (Wildman–Crippen MR) is 85.5 cm³/mol. The fourth-order valence-corrected chi connectivity index (χ4v) is 5.56. The molecule has 4 rings (SSSR count). The summed E-state index contributed by atoms with van der Waals surface area (Å²) in [5, 5.41) is 6.95. The van der Waals surface area contributed by atoms with E-state index in [1.165, 1.54) is 25.7 Å². The lowest BCUT2D eigenvalue weighted by Crippen LogP contribution is -2.39. The van der Waals surface area contributed by atoms with Crippen molar-refractivity contribution in [1.29, 1.82) is 0 Å². The summed E-state index contributed by atoms with van der Waals surface area (Å²) in [4.78, 5) is 11.9. The summed E-state index contributed by atoms with van der Waals surface area (Å²) in [7, 11) is 0. The monoisotopic (exact) mass is 306 g/mol. The SMILES string of the molecule is CC(C)(C)OC(=O)NC1CCC(NC2C3C4CCC(C4)C23)C1. The second-order valence-corrected chi connectivity index (χ2v) is 9.03. The van der Waals surface area contributed by atoms with Crippen molar-refractivity contribution in [3.8, 4) is 0 Å². The molecule has 0 aromatic heterocycles. The molecule has 4 aliphatic carbocycles. The van der Waals surface area contributed by atoms with Gasteiger partial charge in [-0.1, -0.05) is 0 Å². The number of carbonyl (C=O) groups is 1. The number of hydrogen-bond acceptors (Lipinski definition) is 3. The van der Waals surface area contributed by atoms with Gasteiger partial charge >= 0.3 is 6.09 Å². The Bertz CT molecular complexity index is 442. The highest BCUT2D eigenvalue weighted by molar-refractivity contribution is 5.68. The Morgan fingerprint density at radius 3 is 2.23 bits per heavy atom. The van der Waals surface area contributed by atoms with Crippen LogP contribution in [0, 0.1) is 23.7 Å². The molecular formula is C18H30N2O2. The summed E-state index contributed by atoms with van der Waals surface area (Å²) in [6.45, 7) is 5.73. The van der Waals surface area contributed by atoms with Crippen LogP contribution in [0.2, 0.25) is 0 Å². The topological polar surface area (TPSA) is 50.4 Å². The number of amides is 1. The van der Waals surface area contributed by atoms with Crippen LogP contribution in [0.15, 0.2) is 0 Å². The highest BCUT2D eigenvalue weighted by atomic mass is 16.6. The number of hydrogen-bond donors (Lipinski definition) is 2. The van der Waals surface area contributed by atoms with Gasteiger partial charge < -0.3 is 15.4 Å². The van der Waals surface area contributed by atoms with Crippen molar-refractivity contribution in [3.05, 3.63) is 0 Å². The zero-order valence-corrected chi connectivity index (χ0v) is 14.1. The van der Waals surface area contributed by atoms with Crippen molar-refractivity contribution in [2.24, 2.45) is 23.7 Å². The first-order valence-electron chi connectivity index (χ1n) is 9.16. The van der Waals surface area contributed by atoms with Crippen LogP contribution in [-0.4, -0.2) is 29.8 Å². The highest BCUT2D eigenvalue weighted by Crippen LogP contribution is 2.65. The van der Waals surface area contributed by atoms with Crippen molar-refractivity contribution in [2.45, 2.75) is 83.0 Å². The van der Waals surface area contributed by atoms with Crippen LogP contribution in [-0.2, 0) is 4.74 Å². The number of carbonyl (C=O) groups excluding carboxylic acids is 1. The molecule has 0 spiro atoms. The van der Waals surface area contributed by atoms with Crippen LogP contribution in [0.25, 0.3) is 0 Å². The third-order valence-corrected chi connectivity index (χ3v) is 6.32. The van der Waals surface area contributed by atoms with Gasteiger partial charge in [0.2, 0.25) is 0 Å². The Balaban J connectivity index is 1.22. The van der Waals surface area contributed by atoms with Gasteiger partial charge in [0.25, 0.3) is 0 Å². The summed E-state index contributed by atoms with van der Waals surface area (Å²) >= 11 is 0. The Morgan fingerprint density at radius 2 is 1.59 bits per heavy atom. The van der Waals surface area contributed by atoms with Gasteiger partial charge in [-0.3, -0.25) is 0 Å². The van der Waals surface area contributed by atoms with Crippen LogP contribution in [0.4, 0.5) is 4.79 Å². The molecule has 6 atom stereocenters. The summed E-state index contributed by atoms with van der Waals surface area (Å²) < 4.78 is 5.35. The molecule has 0 aromatic rings. The minimum Gasteiger partial charge on any atom is -0.444 e. The predicted octanol–water partition coefficient (Wildman–Crippen LogP) is 3.07. The molecule has 0 saturated heterocycles. The molecule has 0 aromatic carbocycles. The second kappa shape index (κ2) is 5.12. The first kappa shape index (κ1) is 14.8. The second-order valence-electron chi connectivity index (χ2n) is 9.03. The maximum absolute atomic E-state index is 11.9. The maximum Gasteiger partial charge on any atom is 0.407 e. The third-order valence-electron chi connectivity index (χ3n) is 6.32. The molecule has 2 N–H and O–H groups in total. The van der Waals surface area contributed by atoms with Crippen LogP contribution in [0.5, 0.6) is 0 Å². The van der Waals surface area contributed by atoms with E-state index in [4.69, 9.17) is 4.74 Å². The van der Waals surface area contributed by atoms with Crippen LogP contribution >= 0.6 is 0 Å². The number of nitrogens with one attached hydrogen (secondary N) is 2. The van der Waals surface area contributed by atoms with Crippen molar-refractivity contribution >= 4 is 6.09 Å². The fourth-order valence-electron chi connectivity index (χ4n) is 5.56. The van der Waals surface area contributed by atoms with Gasteiger partial charge in [0, 0.05) is 18.1 Å². The van der Waals surface area contributed by atoms with E-state index in [2.05, 4.69) is 10.6 Å². The highest BCUT2D eigenvalue weighted by Gasteiger charge is 2.65. The van der Waals surface area contributed by atoms with E-state index in [9.17, 15) is 4.79 Å². The van der Waals surface area contributed by atoms with Gasteiger partial charge in [-0.15, -0.1) is 0 Å². The molecule has 22 heavy (non-hydrogen) atoms. The third kappa shape index (κ3) is 2.75. The van der Waals surface area contributed by atoms with Gasteiger partial charge in [-0.25, -0.2) is 4.79 Å². The quantitative estimate of drug-likeness (QED) is 0.842. The first-order valence-corrected chi connectivity index (χ1v) is 9.16. The molecule has 1 amide bonds. The lowest BCUT2D eigenvalue weighted by molar-refractivity contribution is 0.0505. The zero-order chi connectivity index (χ0) is 15.5. The molecule has 4 fully saturated rings. The van der Waals surface area contributed by atoms with Crippen LogP contribution in [0.3, 0.4) is 0 Å². The van der Waals surface area contributed by atoms with E-state index < -0.39 is 5.60 Å². The molecular weight excluding hydrogens is 276 g/mol. The number of rotatable bonds is 3. The van der Waals surface area contributed by atoms with Gasteiger partial charge in [0.15, 0.2) is 0 Å². The van der Waals surface area contributed by atoms with E-state index in [0.717, 1.165) is 42.6 Å². The van der Waals surface area contributed by atoms with Gasteiger partial charge in [-0.05, 0) is 83.0 Å². The molecule has 0 heterocycles. The summed E-state index contributed by atoms with van der Waals surface area (Å²) in [5.74, 6) is 4.06. The molecule has 4 nitrogen and oxygen atoms in total. The Labute approximate surface area is 133 Å². The Morgan fingerprint density at radius 1 is 0.955 bits per heavy atom. The van der Waals surface area contributed by atoms with Gasteiger partial charge in [0.1, 0.15) is 5.60 Å². The first-order chi connectivity index (χ1) is 10.4. The maximum atomic E-state index is 11.9. The van der Waals surface area contributed by atoms with E-state index in [0.29, 0.717) is 6.04 Å². The van der Waals surface area contributed by atoms with E-state index >= 15 is 0 Å². The fraction of sp³-hybridized carbons (Fsp3) is 0.944. The van der Waals surface area contributed by atoms with Crippen LogP contribution < -0.4 is 10.6 Å². The average molecular weight is 306 g/mol. The lowest BCUT2D eigenvalue weighted by Gasteiger charge is -2.22. The molecule has 4 heteroatoms. The Hall–Kier alpha value is -0.770. The van der Waals surface area contributed by atoms with E-state index in [1.54, 1.807) is 0 Å². The van der Waals surface area contributed by atoms with Crippen molar-refractivity contribution in [2.75, 3.05) is 0 Å². The summed E-state index contributed by atoms with van der Waals surface area (Å²) in [6, 6.07) is 1.68. The molecule has 0 radical (unpaired) electrons. The minimum absolute atomic E-state index is 0.264. The molecule has 6 unspecified atom stereocenters. The number of alkyl carbamates (subject to hydrolysis) is 1. The largest absolute Gasteiger partial charge is 0.444 e. The Kier molecular flexibility index (Phi) is 3.44. The standard InChI is InChI=1S/C18H30N2O2/c1-18(2,3)22-17(21)20-13-7-6-12(9-13)19-16-14-10-4-5-11(8-10)15(14)16/h10-16,19H,4-9H2,1-3H3,(H,20,21). The molecule has 124 valence electrons. The normalized spacial score (nSPS) is 45.7. The van der Waals surface area contributed by atoms with Crippen molar-refractivity contribution in [1.82, 2.24) is 10.6 Å². The minimum atomic E-state index is -0.412. The van der Waals surface area contributed by atoms with Crippen LogP contribution in [0.1, 0.15) is 59.3 Å². The van der Waals surface area contributed by atoms with Gasteiger partial charge in [0.05, 0.1) is 0 Å². The average Bonchev–Trinajstić information content (AvgIpc) is 2.81. The number of ether oxygens (including phenoxy) is 1. The molecule has 0 aliphatic heterocycles.